The maximum atomic E-state index is 5.27. The van der Waals surface area contributed by atoms with Crippen molar-refractivity contribution in [3.63, 3.8) is 0 Å². The largest absolute Gasteiger partial charge is 0.497 e. The molecular weight excluding hydrogens is 294 g/mol. The molecular formula is C14H22BrNO2. The summed E-state index contributed by atoms with van der Waals surface area (Å²) in [6.45, 7) is 6.96. The Labute approximate surface area is 118 Å². The fraction of sp³-hybridized carbons (Fsp3) is 0.571. The average molecular weight is 316 g/mol. The van der Waals surface area contributed by atoms with E-state index in [0.717, 1.165) is 29.9 Å². The van der Waals surface area contributed by atoms with Crippen molar-refractivity contribution in [3.05, 3.63) is 28.2 Å². The van der Waals surface area contributed by atoms with E-state index < -0.39 is 0 Å². The van der Waals surface area contributed by atoms with Crippen molar-refractivity contribution in [1.82, 2.24) is 4.90 Å². The monoisotopic (exact) mass is 315 g/mol. The third-order valence-electron chi connectivity index (χ3n) is 2.94. The van der Waals surface area contributed by atoms with Gasteiger partial charge in [0, 0.05) is 30.7 Å². The number of rotatable bonds is 7. The molecule has 0 bridgehead atoms. The zero-order valence-corrected chi connectivity index (χ0v) is 13.2. The van der Waals surface area contributed by atoms with E-state index in [1.165, 1.54) is 5.56 Å². The third kappa shape index (κ3) is 4.59. The normalized spacial score (nSPS) is 11.3. The van der Waals surface area contributed by atoms with Gasteiger partial charge in [-0.3, -0.25) is 4.90 Å². The predicted octanol–water partition coefficient (Wildman–Crippen LogP) is 3.31. The van der Waals surface area contributed by atoms with Crippen LogP contribution in [0.2, 0.25) is 0 Å². The number of hydrogen-bond acceptors (Lipinski definition) is 3. The van der Waals surface area contributed by atoms with Crippen molar-refractivity contribution < 1.29 is 9.47 Å². The van der Waals surface area contributed by atoms with Crippen LogP contribution in [-0.2, 0) is 11.3 Å². The smallest absolute Gasteiger partial charge is 0.119 e. The van der Waals surface area contributed by atoms with Crippen LogP contribution in [0.25, 0.3) is 0 Å². The number of methoxy groups -OCH3 is 2. The lowest BCUT2D eigenvalue weighted by Crippen LogP contribution is -2.33. The van der Waals surface area contributed by atoms with Gasteiger partial charge in [-0.15, -0.1) is 0 Å². The van der Waals surface area contributed by atoms with Crippen LogP contribution in [0.5, 0.6) is 5.75 Å². The van der Waals surface area contributed by atoms with Gasteiger partial charge >= 0.3 is 0 Å². The van der Waals surface area contributed by atoms with Gasteiger partial charge in [0.2, 0.25) is 0 Å². The van der Waals surface area contributed by atoms with Gasteiger partial charge in [0.05, 0.1) is 13.7 Å². The molecule has 0 spiro atoms. The molecule has 0 fully saturated rings. The lowest BCUT2D eigenvalue weighted by Gasteiger charge is -2.26. The summed E-state index contributed by atoms with van der Waals surface area (Å²) in [4.78, 5) is 2.38. The maximum Gasteiger partial charge on any atom is 0.119 e. The Morgan fingerprint density at radius 3 is 2.56 bits per heavy atom. The number of ether oxygens (including phenoxy) is 2. The third-order valence-corrected chi connectivity index (χ3v) is 3.71. The van der Waals surface area contributed by atoms with E-state index in [9.17, 15) is 0 Å². The summed E-state index contributed by atoms with van der Waals surface area (Å²) in [5, 5.41) is 0. The molecule has 102 valence electrons. The first-order valence-electron chi connectivity index (χ1n) is 6.14. The number of hydrogen-bond donors (Lipinski definition) is 0. The van der Waals surface area contributed by atoms with E-state index in [4.69, 9.17) is 9.47 Å². The SMILES string of the molecule is COCCN(Cc1cc(OC)ccc1Br)C(C)C. The second kappa shape index (κ2) is 7.77. The molecule has 0 aromatic heterocycles. The van der Waals surface area contributed by atoms with Crippen LogP contribution in [0.1, 0.15) is 19.4 Å². The van der Waals surface area contributed by atoms with Crippen LogP contribution >= 0.6 is 15.9 Å². The Bertz CT molecular complexity index is 369. The Morgan fingerprint density at radius 1 is 1.28 bits per heavy atom. The summed E-state index contributed by atoms with van der Waals surface area (Å²) in [6.07, 6.45) is 0. The Kier molecular flexibility index (Phi) is 6.68. The fourth-order valence-corrected chi connectivity index (χ4v) is 2.12. The predicted molar refractivity (Wildman–Crippen MR) is 78.1 cm³/mol. The molecule has 0 aliphatic rings. The lowest BCUT2D eigenvalue weighted by molar-refractivity contribution is 0.125. The first-order chi connectivity index (χ1) is 8.58. The highest BCUT2D eigenvalue weighted by molar-refractivity contribution is 9.10. The summed E-state index contributed by atoms with van der Waals surface area (Å²) in [7, 11) is 3.43. The summed E-state index contributed by atoms with van der Waals surface area (Å²) in [5.74, 6) is 0.892. The van der Waals surface area contributed by atoms with Crippen molar-refractivity contribution in [2.75, 3.05) is 27.4 Å². The Balaban J connectivity index is 2.78. The van der Waals surface area contributed by atoms with Gasteiger partial charge in [0.25, 0.3) is 0 Å². The van der Waals surface area contributed by atoms with Crippen LogP contribution in [0.15, 0.2) is 22.7 Å². The molecule has 1 aromatic rings. The first-order valence-corrected chi connectivity index (χ1v) is 6.93. The van der Waals surface area contributed by atoms with E-state index >= 15 is 0 Å². The van der Waals surface area contributed by atoms with Gasteiger partial charge in [0.1, 0.15) is 5.75 Å². The standard InChI is InChI=1S/C14H22BrNO2/c1-11(2)16(7-8-17-3)10-12-9-13(18-4)5-6-14(12)15/h5-6,9,11H,7-8,10H2,1-4H3. The molecule has 0 atom stereocenters. The molecule has 0 radical (unpaired) electrons. The molecule has 0 aliphatic carbocycles. The average Bonchev–Trinajstić information content (AvgIpc) is 2.36. The molecule has 0 heterocycles. The van der Waals surface area contributed by atoms with Crippen molar-refractivity contribution in [2.24, 2.45) is 0 Å². The highest BCUT2D eigenvalue weighted by Gasteiger charge is 2.12. The molecule has 0 N–H and O–H groups in total. The van der Waals surface area contributed by atoms with Gasteiger partial charge in [-0.2, -0.15) is 0 Å². The van der Waals surface area contributed by atoms with Crippen LogP contribution in [-0.4, -0.2) is 38.3 Å². The van der Waals surface area contributed by atoms with E-state index in [2.05, 4.69) is 40.7 Å². The minimum atomic E-state index is 0.484. The zero-order valence-electron chi connectivity index (χ0n) is 11.6. The second-order valence-corrected chi connectivity index (χ2v) is 5.37. The van der Waals surface area contributed by atoms with Crippen LogP contribution in [0.4, 0.5) is 0 Å². The summed E-state index contributed by atoms with van der Waals surface area (Å²) < 4.78 is 11.5. The van der Waals surface area contributed by atoms with Gasteiger partial charge < -0.3 is 9.47 Å². The van der Waals surface area contributed by atoms with Crippen LogP contribution in [0, 0.1) is 0 Å². The molecule has 1 rings (SSSR count). The molecule has 0 unspecified atom stereocenters. The van der Waals surface area contributed by atoms with E-state index in [0.29, 0.717) is 6.04 Å². The number of benzene rings is 1. The Morgan fingerprint density at radius 2 is 2.00 bits per heavy atom. The van der Waals surface area contributed by atoms with Gasteiger partial charge in [0.15, 0.2) is 0 Å². The van der Waals surface area contributed by atoms with Crippen LogP contribution in [0.3, 0.4) is 0 Å². The molecule has 0 amide bonds. The van der Waals surface area contributed by atoms with Crippen molar-refractivity contribution in [1.29, 1.82) is 0 Å². The Hall–Kier alpha value is -0.580. The van der Waals surface area contributed by atoms with Crippen LogP contribution < -0.4 is 4.74 Å². The van der Waals surface area contributed by atoms with Crippen molar-refractivity contribution >= 4 is 15.9 Å². The first kappa shape index (κ1) is 15.5. The van der Waals surface area contributed by atoms with Gasteiger partial charge in [-0.1, -0.05) is 15.9 Å². The van der Waals surface area contributed by atoms with Gasteiger partial charge in [-0.05, 0) is 37.6 Å². The van der Waals surface area contributed by atoms with E-state index in [1.54, 1.807) is 14.2 Å². The molecule has 18 heavy (non-hydrogen) atoms. The summed E-state index contributed by atoms with van der Waals surface area (Å²) in [5.41, 5.74) is 1.24. The zero-order chi connectivity index (χ0) is 13.5. The molecule has 0 saturated heterocycles. The molecule has 3 nitrogen and oxygen atoms in total. The number of halogens is 1. The van der Waals surface area contributed by atoms with Crippen molar-refractivity contribution in [3.8, 4) is 5.75 Å². The van der Waals surface area contributed by atoms with E-state index in [-0.39, 0.29) is 0 Å². The fourth-order valence-electron chi connectivity index (χ4n) is 1.75. The van der Waals surface area contributed by atoms with Gasteiger partial charge in [-0.25, -0.2) is 0 Å². The minimum absolute atomic E-state index is 0.484. The highest BCUT2D eigenvalue weighted by Crippen LogP contribution is 2.24. The van der Waals surface area contributed by atoms with Crippen molar-refractivity contribution in [2.45, 2.75) is 26.4 Å². The quantitative estimate of drug-likeness (QED) is 0.770. The summed E-state index contributed by atoms with van der Waals surface area (Å²) >= 11 is 3.59. The molecule has 4 heteroatoms. The molecule has 1 aromatic carbocycles. The molecule has 0 saturated carbocycles. The molecule has 0 aliphatic heterocycles. The number of nitrogens with zero attached hydrogens (tertiary/aromatic N) is 1. The second-order valence-electron chi connectivity index (χ2n) is 4.51. The summed E-state index contributed by atoms with van der Waals surface area (Å²) in [6, 6.07) is 6.55. The lowest BCUT2D eigenvalue weighted by atomic mass is 10.2. The highest BCUT2D eigenvalue weighted by atomic mass is 79.9. The maximum absolute atomic E-state index is 5.27. The topological polar surface area (TPSA) is 21.7 Å². The van der Waals surface area contributed by atoms with E-state index in [1.807, 2.05) is 12.1 Å². The minimum Gasteiger partial charge on any atom is -0.497 e.